The maximum atomic E-state index is 12.8. The Morgan fingerprint density at radius 1 is 1.00 bits per heavy atom. The van der Waals surface area contributed by atoms with Crippen molar-refractivity contribution in [2.75, 3.05) is 17.7 Å². The van der Waals surface area contributed by atoms with Crippen LogP contribution in [0, 0.1) is 10.1 Å². The van der Waals surface area contributed by atoms with Crippen molar-refractivity contribution in [2.24, 2.45) is 0 Å². The zero-order chi connectivity index (χ0) is 22.8. The van der Waals surface area contributed by atoms with E-state index in [1.165, 1.54) is 13.2 Å². The number of fused-ring (bicyclic) bond motifs is 2. The van der Waals surface area contributed by atoms with Gasteiger partial charge in [-0.25, -0.2) is 4.72 Å². The number of methoxy groups -OCH3 is 1. The minimum Gasteiger partial charge on any atom is -0.760 e. The summed E-state index contributed by atoms with van der Waals surface area (Å²) < 4.78 is 28.9. The number of anilines is 3. The maximum Gasteiger partial charge on any atom is 0.310 e. The summed E-state index contributed by atoms with van der Waals surface area (Å²) in [5.74, 6) is -0.185. The van der Waals surface area contributed by atoms with Crippen LogP contribution in [0.25, 0.3) is 11.1 Å². The van der Waals surface area contributed by atoms with E-state index < -0.39 is 16.2 Å². The zero-order valence-electron chi connectivity index (χ0n) is 16.7. The lowest BCUT2D eigenvalue weighted by molar-refractivity contribution is -0.385. The second kappa shape index (κ2) is 8.75. The summed E-state index contributed by atoms with van der Waals surface area (Å²) in [7, 11) is 1.37. The lowest BCUT2D eigenvalue weighted by atomic mass is 10.0. The molecule has 0 radical (unpaired) electrons. The fraction of sp³-hybridized carbons (Fsp3) is 0.0952. The summed E-state index contributed by atoms with van der Waals surface area (Å²) in [6.45, 7) is 0.0956. The van der Waals surface area contributed by atoms with Gasteiger partial charge in [-0.1, -0.05) is 12.1 Å². The molecule has 0 aliphatic carbocycles. The molecule has 0 saturated carbocycles. The highest BCUT2D eigenvalue weighted by Crippen LogP contribution is 2.37. The van der Waals surface area contributed by atoms with Crippen LogP contribution in [0.1, 0.15) is 15.9 Å². The van der Waals surface area contributed by atoms with Crippen LogP contribution in [0.4, 0.5) is 22.7 Å². The molecule has 164 valence electrons. The van der Waals surface area contributed by atoms with Gasteiger partial charge in [0.25, 0.3) is 5.91 Å². The molecule has 10 nitrogen and oxygen atoms in total. The van der Waals surface area contributed by atoms with Gasteiger partial charge in [0.2, 0.25) is 0 Å². The van der Waals surface area contributed by atoms with Gasteiger partial charge in [0, 0.05) is 23.9 Å². The van der Waals surface area contributed by atoms with Crippen molar-refractivity contribution in [3.05, 3.63) is 75.8 Å². The molecule has 0 aromatic heterocycles. The Hall–Kier alpha value is -3.80. The first-order valence-corrected chi connectivity index (χ1v) is 10.4. The monoisotopic (exact) mass is 453 g/mol. The molecule has 1 atom stereocenters. The number of carbonyl (C=O) groups excluding carboxylic acids is 1. The molecule has 3 aromatic rings. The molecule has 4 rings (SSSR count). The highest BCUT2D eigenvalue weighted by Gasteiger charge is 2.21. The van der Waals surface area contributed by atoms with E-state index in [4.69, 9.17) is 4.74 Å². The quantitative estimate of drug-likeness (QED) is 0.294. The van der Waals surface area contributed by atoms with Crippen LogP contribution in [-0.2, 0) is 17.8 Å². The van der Waals surface area contributed by atoms with Crippen molar-refractivity contribution in [3.63, 3.8) is 0 Å². The van der Waals surface area contributed by atoms with Crippen LogP contribution in [0.5, 0.6) is 5.75 Å². The molecular formula is C21H17N4O6S-. The van der Waals surface area contributed by atoms with Gasteiger partial charge in [0.05, 0.1) is 34.7 Å². The van der Waals surface area contributed by atoms with E-state index in [2.05, 4.69) is 15.4 Å². The van der Waals surface area contributed by atoms with Crippen molar-refractivity contribution >= 4 is 39.9 Å². The van der Waals surface area contributed by atoms with E-state index in [1.54, 1.807) is 48.5 Å². The number of nitrogens with zero attached hydrogens (tertiary/aromatic N) is 1. The highest BCUT2D eigenvalue weighted by atomic mass is 32.2. The van der Waals surface area contributed by atoms with Gasteiger partial charge in [0.15, 0.2) is 5.75 Å². The molecule has 1 aliphatic heterocycles. The van der Waals surface area contributed by atoms with Gasteiger partial charge in [-0.3, -0.25) is 19.1 Å². The van der Waals surface area contributed by atoms with Crippen molar-refractivity contribution < 1.29 is 23.2 Å². The number of hydrogen-bond acceptors (Lipinski definition) is 7. The number of nitrogens with one attached hydrogen (secondary N) is 3. The molecule has 0 saturated heterocycles. The number of ether oxygens (including phenoxy) is 1. The number of benzene rings is 3. The molecule has 1 unspecified atom stereocenters. The Bertz CT molecular complexity index is 1260. The third kappa shape index (κ3) is 4.30. The average molecular weight is 453 g/mol. The first-order valence-electron chi connectivity index (χ1n) is 9.36. The number of rotatable bonds is 6. The fourth-order valence-corrected chi connectivity index (χ4v) is 3.71. The molecule has 3 N–H and O–H groups in total. The minimum absolute atomic E-state index is 0.0956. The zero-order valence-corrected chi connectivity index (χ0v) is 17.5. The van der Waals surface area contributed by atoms with Crippen LogP contribution in [-0.4, -0.2) is 26.7 Å². The summed E-state index contributed by atoms with van der Waals surface area (Å²) in [5.41, 5.74) is 4.10. The Morgan fingerprint density at radius 2 is 1.75 bits per heavy atom. The first-order chi connectivity index (χ1) is 15.4. The molecular weight excluding hydrogens is 436 g/mol. The summed E-state index contributed by atoms with van der Waals surface area (Å²) in [4.78, 5) is 23.4. The standard InChI is InChI=1S/C21H18N4O6S/c1-31-20-10-14(4-7-19(20)25(27)28)13-3-5-15-17(9-13)23-16-6-2-12(11-22-32(29)30)8-18(16)24-21(15)26/h2-10,22-23H,11H2,1H3,(H,24,26)(H,29,30)/p-1. The van der Waals surface area contributed by atoms with Crippen LogP contribution in [0.3, 0.4) is 0 Å². The molecule has 0 bridgehead atoms. The lowest BCUT2D eigenvalue weighted by Gasteiger charge is -2.13. The van der Waals surface area contributed by atoms with E-state index in [0.29, 0.717) is 33.8 Å². The Kier molecular flexibility index (Phi) is 5.86. The molecule has 0 fully saturated rings. The second-order valence-corrected chi connectivity index (χ2v) is 7.68. The Morgan fingerprint density at radius 3 is 2.47 bits per heavy atom. The minimum atomic E-state index is -2.39. The van der Waals surface area contributed by atoms with Crippen molar-refractivity contribution in [2.45, 2.75) is 6.54 Å². The average Bonchev–Trinajstić information content (AvgIpc) is 2.91. The van der Waals surface area contributed by atoms with Crippen molar-refractivity contribution in [3.8, 4) is 16.9 Å². The van der Waals surface area contributed by atoms with E-state index in [9.17, 15) is 23.7 Å². The van der Waals surface area contributed by atoms with Crippen molar-refractivity contribution in [1.82, 2.24) is 4.72 Å². The lowest BCUT2D eigenvalue weighted by Crippen LogP contribution is -2.16. The van der Waals surface area contributed by atoms with E-state index >= 15 is 0 Å². The van der Waals surface area contributed by atoms with E-state index in [0.717, 1.165) is 5.56 Å². The van der Waals surface area contributed by atoms with Gasteiger partial charge in [-0.05, 0) is 53.1 Å². The molecule has 32 heavy (non-hydrogen) atoms. The van der Waals surface area contributed by atoms with Crippen LogP contribution < -0.4 is 20.1 Å². The topological polar surface area (TPSA) is 146 Å². The third-order valence-electron chi connectivity index (χ3n) is 4.97. The van der Waals surface area contributed by atoms with Gasteiger partial charge in [0.1, 0.15) is 0 Å². The maximum absolute atomic E-state index is 12.8. The second-order valence-electron chi connectivity index (χ2n) is 6.92. The first kappa shape index (κ1) is 21.4. The highest BCUT2D eigenvalue weighted by molar-refractivity contribution is 7.77. The van der Waals surface area contributed by atoms with Crippen LogP contribution in [0.15, 0.2) is 54.6 Å². The molecule has 0 spiro atoms. The van der Waals surface area contributed by atoms with Crippen LogP contribution in [0.2, 0.25) is 0 Å². The van der Waals surface area contributed by atoms with Crippen molar-refractivity contribution in [1.29, 1.82) is 0 Å². The summed E-state index contributed by atoms with van der Waals surface area (Å²) in [5, 5.41) is 17.2. The summed E-state index contributed by atoms with van der Waals surface area (Å²) >= 11 is -2.39. The number of carbonyl (C=O) groups is 1. The summed E-state index contributed by atoms with van der Waals surface area (Å²) in [6.07, 6.45) is 0. The Balaban J connectivity index is 1.69. The van der Waals surface area contributed by atoms with E-state index in [-0.39, 0.29) is 23.9 Å². The molecule has 1 aliphatic rings. The SMILES string of the molecule is COc1cc(-c2ccc3c(c2)Nc2ccc(CNS(=O)[O-])cc2NC3=O)ccc1[N+](=O)[O-]. The normalized spacial score (nSPS) is 13.1. The van der Waals surface area contributed by atoms with Gasteiger partial charge in [-0.2, -0.15) is 0 Å². The number of hydrogen-bond donors (Lipinski definition) is 3. The number of nitro groups is 1. The molecule has 1 heterocycles. The predicted molar refractivity (Wildman–Crippen MR) is 119 cm³/mol. The van der Waals surface area contributed by atoms with Gasteiger partial charge < -0.3 is 19.9 Å². The van der Waals surface area contributed by atoms with Crippen LogP contribution >= 0.6 is 0 Å². The fourth-order valence-electron chi connectivity index (χ4n) is 3.42. The Labute approximate surface area is 185 Å². The van der Waals surface area contributed by atoms with Gasteiger partial charge >= 0.3 is 5.69 Å². The smallest absolute Gasteiger partial charge is 0.310 e. The third-order valence-corrected chi connectivity index (χ3v) is 5.35. The number of amides is 1. The predicted octanol–water partition coefficient (Wildman–Crippen LogP) is 3.46. The van der Waals surface area contributed by atoms with E-state index in [1.807, 2.05) is 0 Å². The summed E-state index contributed by atoms with van der Waals surface area (Å²) in [6, 6.07) is 14.9. The molecule has 1 amide bonds. The number of nitro benzene ring substituents is 1. The molecule has 3 aromatic carbocycles. The van der Waals surface area contributed by atoms with Gasteiger partial charge in [-0.15, -0.1) is 0 Å². The molecule has 11 heteroatoms. The largest absolute Gasteiger partial charge is 0.760 e.